The number of fused-ring (bicyclic) bond motifs is 1. The molecule has 1 aliphatic rings. The van der Waals surface area contributed by atoms with Gasteiger partial charge < -0.3 is 10.0 Å². The van der Waals surface area contributed by atoms with Crippen molar-refractivity contribution in [3.05, 3.63) is 66.4 Å². The summed E-state index contributed by atoms with van der Waals surface area (Å²) in [6.45, 7) is 0.599. The number of likely N-dealkylation sites (tertiary alicyclic amines) is 1. The van der Waals surface area contributed by atoms with Gasteiger partial charge in [0.05, 0.1) is 11.9 Å². The standard InChI is InChI=1S/C23H23N3O3/c27-21(25-14-6-4-10-18(25)16-22(28)29)13-12-19-20-11-5-7-15-26(20)24-23(19)17-8-2-1-3-9-17/h1-3,5,7-9,11-13,15,18H,4,6,10,14,16H2,(H,28,29). The zero-order chi connectivity index (χ0) is 20.2. The van der Waals surface area contributed by atoms with Gasteiger partial charge in [-0.3, -0.25) is 9.59 Å². The number of benzene rings is 1. The van der Waals surface area contributed by atoms with Gasteiger partial charge >= 0.3 is 5.97 Å². The molecule has 0 spiro atoms. The number of nitrogens with zero attached hydrogens (tertiary/aromatic N) is 3. The highest BCUT2D eigenvalue weighted by atomic mass is 16.4. The normalized spacial score (nSPS) is 17.1. The van der Waals surface area contributed by atoms with Crippen molar-refractivity contribution in [2.45, 2.75) is 31.7 Å². The first kappa shape index (κ1) is 18.9. The van der Waals surface area contributed by atoms with E-state index >= 15 is 0 Å². The molecule has 2 aromatic heterocycles. The minimum atomic E-state index is -0.868. The molecule has 0 aliphatic carbocycles. The van der Waals surface area contributed by atoms with E-state index in [9.17, 15) is 9.59 Å². The van der Waals surface area contributed by atoms with Gasteiger partial charge in [-0.2, -0.15) is 5.10 Å². The maximum atomic E-state index is 12.9. The molecule has 1 atom stereocenters. The third-order valence-electron chi connectivity index (χ3n) is 5.34. The van der Waals surface area contributed by atoms with E-state index in [1.54, 1.807) is 21.6 Å². The van der Waals surface area contributed by atoms with E-state index in [-0.39, 0.29) is 18.4 Å². The predicted octanol–water partition coefficient (Wildman–Crippen LogP) is 3.87. The van der Waals surface area contributed by atoms with Crippen LogP contribution in [-0.4, -0.2) is 44.1 Å². The third kappa shape index (κ3) is 4.06. The van der Waals surface area contributed by atoms with E-state index in [1.165, 1.54) is 0 Å². The molecule has 29 heavy (non-hydrogen) atoms. The van der Waals surface area contributed by atoms with Crippen LogP contribution in [0.15, 0.2) is 60.8 Å². The number of amides is 1. The SMILES string of the molecule is O=C(O)CC1CCCCN1C(=O)C=Cc1c(-c2ccccc2)nn2ccccc12. The van der Waals surface area contributed by atoms with Crippen molar-refractivity contribution < 1.29 is 14.7 Å². The van der Waals surface area contributed by atoms with Gasteiger partial charge in [-0.1, -0.05) is 36.4 Å². The average molecular weight is 389 g/mol. The topological polar surface area (TPSA) is 74.9 Å². The molecule has 0 radical (unpaired) electrons. The van der Waals surface area contributed by atoms with Crippen molar-refractivity contribution in [2.75, 3.05) is 6.54 Å². The molecule has 3 heterocycles. The Kier molecular flexibility index (Phi) is 5.42. The van der Waals surface area contributed by atoms with Gasteiger partial charge in [0.1, 0.15) is 5.69 Å². The molecule has 0 saturated carbocycles. The lowest BCUT2D eigenvalue weighted by Gasteiger charge is -2.34. The molecule has 1 unspecified atom stereocenters. The number of carboxylic acid groups (broad SMARTS) is 1. The zero-order valence-corrected chi connectivity index (χ0v) is 16.1. The largest absolute Gasteiger partial charge is 0.481 e. The summed E-state index contributed by atoms with van der Waals surface area (Å²) in [6, 6.07) is 15.5. The van der Waals surface area contributed by atoms with Crippen LogP contribution >= 0.6 is 0 Å². The van der Waals surface area contributed by atoms with Crippen molar-refractivity contribution in [3.8, 4) is 11.3 Å². The molecule has 1 aliphatic heterocycles. The Hall–Kier alpha value is -3.41. The van der Waals surface area contributed by atoms with Crippen molar-refractivity contribution in [3.63, 3.8) is 0 Å². The van der Waals surface area contributed by atoms with Gasteiger partial charge in [-0.15, -0.1) is 0 Å². The number of aromatic nitrogens is 2. The summed E-state index contributed by atoms with van der Waals surface area (Å²) in [5.41, 5.74) is 3.57. The fourth-order valence-electron chi connectivity index (χ4n) is 3.95. The molecular weight excluding hydrogens is 366 g/mol. The van der Waals surface area contributed by atoms with Crippen LogP contribution in [0.2, 0.25) is 0 Å². The fraction of sp³-hybridized carbons (Fsp3) is 0.261. The fourth-order valence-corrected chi connectivity index (χ4v) is 3.95. The molecule has 6 heteroatoms. The van der Waals surface area contributed by atoms with Crippen LogP contribution < -0.4 is 0 Å². The highest BCUT2D eigenvalue weighted by molar-refractivity contribution is 5.95. The Balaban J connectivity index is 1.67. The molecule has 6 nitrogen and oxygen atoms in total. The van der Waals surface area contributed by atoms with Gasteiger partial charge in [-0.25, -0.2) is 4.52 Å². The maximum Gasteiger partial charge on any atom is 0.305 e. The van der Waals surface area contributed by atoms with Crippen LogP contribution in [0, 0.1) is 0 Å². The quantitative estimate of drug-likeness (QED) is 0.672. The minimum Gasteiger partial charge on any atom is -0.481 e. The first-order valence-corrected chi connectivity index (χ1v) is 9.87. The number of carboxylic acids is 1. The number of carbonyl (C=O) groups is 2. The summed E-state index contributed by atoms with van der Waals surface area (Å²) < 4.78 is 1.81. The van der Waals surface area contributed by atoms with E-state index in [4.69, 9.17) is 10.2 Å². The van der Waals surface area contributed by atoms with Gasteiger partial charge in [0, 0.05) is 36.0 Å². The van der Waals surface area contributed by atoms with Crippen LogP contribution in [0.25, 0.3) is 22.9 Å². The Morgan fingerprint density at radius 3 is 2.69 bits per heavy atom. The molecule has 1 fully saturated rings. The molecule has 1 aromatic carbocycles. The number of rotatable bonds is 5. The summed E-state index contributed by atoms with van der Waals surface area (Å²) in [6.07, 6.45) is 7.83. The Bertz CT molecular complexity index is 1060. The average Bonchev–Trinajstić information content (AvgIpc) is 3.11. The molecule has 3 aromatic rings. The summed E-state index contributed by atoms with van der Waals surface area (Å²) in [5, 5.41) is 13.8. The number of pyridine rings is 1. The van der Waals surface area contributed by atoms with Crippen LogP contribution in [0.5, 0.6) is 0 Å². The molecule has 148 valence electrons. The van der Waals surface area contributed by atoms with Gasteiger partial charge in [0.25, 0.3) is 0 Å². The van der Waals surface area contributed by atoms with E-state index in [0.717, 1.165) is 41.6 Å². The van der Waals surface area contributed by atoms with E-state index < -0.39 is 5.97 Å². The predicted molar refractivity (Wildman–Crippen MR) is 111 cm³/mol. The monoisotopic (exact) mass is 389 g/mol. The number of carbonyl (C=O) groups excluding carboxylic acids is 1. The van der Waals surface area contributed by atoms with Crippen molar-refractivity contribution in [1.82, 2.24) is 14.5 Å². The first-order chi connectivity index (χ1) is 14.1. The molecule has 1 saturated heterocycles. The Morgan fingerprint density at radius 1 is 1.10 bits per heavy atom. The van der Waals surface area contributed by atoms with Crippen molar-refractivity contribution in [2.24, 2.45) is 0 Å². The number of piperidine rings is 1. The second kappa shape index (κ2) is 8.31. The maximum absolute atomic E-state index is 12.9. The van der Waals surface area contributed by atoms with Gasteiger partial charge in [0.15, 0.2) is 0 Å². The van der Waals surface area contributed by atoms with Crippen molar-refractivity contribution in [1.29, 1.82) is 0 Å². The highest BCUT2D eigenvalue weighted by Crippen LogP contribution is 2.28. The molecule has 1 amide bonds. The van der Waals surface area contributed by atoms with Crippen LogP contribution in [-0.2, 0) is 9.59 Å². The Labute approximate surface area is 169 Å². The lowest BCUT2D eigenvalue weighted by molar-refractivity contribution is -0.140. The van der Waals surface area contributed by atoms with Crippen LogP contribution in [0.3, 0.4) is 0 Å². The van der Waals surface area contributed by atoms with E-state index in [2.05, 4.69) is 0 Å². The summed E-state index contributed by atoms with van der Waals surface area (Å²) >= 11 is 0. The molecule has 1 N–H and O–H groups in total. The van der Waals surface area contributed by atoms with Crippen molar-refractivity contribution >= 4 is 23.5 Å². The smallest absolute Gasteiger partial charge is 0.305 e. The van der Waals surface area contributed by atoms with Gasteiger partial charge in [0.2, 0.25) is 5.91 Å². The number of hydrogen-bond acceptors (Lipinski definition) is 3. The molecular formula is C23H23N3O3. The number of hydrogen-bond donors (Lipinski definition) is 1. The van der Waals surface area contributed by atoms with E-state index in [0.29, 0.717) is 6.54 Å². The third-order valence-corrected chi connectivity index (χ3v) is 5.34. The lowest BCUT2D eigenvalue weighted by atomic mass is 9.99. The summed E-state index contributed by atoms with van der Waals surface area (Å²) in [5.74, 6) is -1.02. The Morgan fingerprint density at radius 2 is 1.90 bits per heavy atom. The summed E-state index contributed by atoms with van der Waals surface area (Å²) in [7, 11) is 0. The zero-order valence-electron chi connectivity index (χ0n) is 16.1. The van der Waals surface area contributed by atoms with E-state index in [1.807, 2.05) is 54.7 Å². The highest BCUT2D eigenvalue weighted by Gasteiger charge is 2.27. The molecule has 0 bridgehead atoms. The molecule has 4 rings (SSSR count). The van der Waals surface area contributed by atoms with Crippen LogP contribution in [0.4, 0.5) is 0 Å². The summed E-state index contributed by atoms with van der Waals surface area (Å²) in [4.78, 5) is 25.7. The second-order valence-corrected chi connectivity index (χ2v) is 7.27. The lowest BCUT2D eigenvalue weighted by Crippen LogP contribution is -2.44. The first-order valence-electron chi connectivity index (χ1n) is 9.87. The minimum absolute atomic E-state index is 0.00837. The second-order valence-electron chi connectivity index (χ2n) is 7.27. The number of aliphatic carboxylic acids is 1. The van der Waals surface area contributed by atoms with Crippen LogP contribution in [0.1, 0.15) is 31.2 Å². The van der Waals surface area contributed by atoms with Gasteiger partial charge in [-0.05, 0) is 37.5 Å².